The maximum Gasteiger partial charge on any atom is 0.271 e. The van der Waals surface area contributed by atoms with Crippen LogP contribution in [-0.4, -0.2) is 29.5 Å². The van der Waals surface area contributed by atoms with Crippen LogP contribution in [0.2, 0.25) is 0 Å². The number of aromatic nitrogens is 2. The lowest BCUT2D eigenvalue weighted by Gasteiger charge is -2.13. The molecule has 6 heteroatoms. The van der Waals surface area contributed by atoms with Crippen molar-refractivity contribution < 1.29 is 9.53 Å². The van der Waals surface area contributed by atoms with Crippen molar-refractivity contribution >= 4 is 17.4 Å². The van der Waals surface area contributed by atoms with Gasteiger partial charge in [0.25, 0.3) is 5.91 Å². The van der Waals surface area contributed by atoms with Crippen LogP contribution in [0.25, 0.3) is 0 Å². The molecule has 0 saturated heterocycles. The second-order valence-corrected chi connectivity index (χ2v) is 7.04. The van der Waals surface area contributed by atoms with E-state index in [2.05, 4.69) is 53.5 Å². The second-order valence-electron chi connectivity index (χ2n) is 7.04. The van der Waals surface area contributed by atoms with Crippen molar-refractivity contribution in [3.63, 3.8) is 0 Å². The summed E-state index contributed by atoms with van der Waals surface area (Å²) in [6, 6.07) is 12.0. The molecule has 1 heterocycles. The van der Waals surface area contributed by atoms with Crippen molar-refractivity contribution in [3.8, 4) is 5.75 Å². The van der Waals surface area contributed by atoms with Gasteiger partial charge in [-0.2, -0.15) is 0 Å². The molecule has 1 amide bonds. The average Bonchev–Trinajstić information content (AvgIpc) is 2.71. The molecular weight excluding hydrogens is 364 g/mol. The first-order valence-electron chi connectivity index (χ1n) is 9.54. The van der Waals surface area contributed by atoms with Crippen LogP contribution in [0.5, 0.6) is 5.75 Å². The number of amides is 1. The highest BCUT2D eigenvalue weighted by Gasteiger charge is 2.09. The van der Waals surface area contributed by atoms with Crippen molar-refractivity contribution in [2.75, 3.05) is 19.0 Å². The number of benzene rings is 2. The molecule has 0 fully saturated rings. The molecule has 6 nitrogen and oxygen atoms in total. The summed E-state index contributed by atoms with van der Waals surface area (Å²) in [5.74, 6) is 1.17. The average molecular weight is 390 g/mol. The first kappa shape index (κ1) is 20.3. The molecule has 0 aliphatic rings. The summed E-state index contributed by atoms with van der Waals surface area (Å²) in [7, 11) is 1.64. The van der Waals surface area contributed by atoms with Crippen LogP contribution in [0.4, 0.5) is 11.5 Å². The predicted molar refractivity (Wildman–Crippen MR) is 115 cm³/mol. The number of carbonyl (C=O) groups is 1. The third kappa shape index (κ3) is 5.31. The van der Waals surface area contributed by atoms with Crippen LogP contribution in [0.1, 0.15) is 32.7 Å². The van der Waals surface area contributed by atoms with E-state index in [1.54, 1.807) is 13.3 Å². The van der Waals surface area contributed by atoms with Gasteiger partial charge < -0.3 is 15.4 Å². The number of ether oxygens (including phenoxy) is 1. The van der Waals surface area contributed by atoms with E-state index in [0.29, 0.717) is 24.5 Å². The molecule has 0 aliphatic carbocycles. The van der Waals surface area contributed by atoms with Crippen LogP contribution in [0.3, 0.4) is 0 Å². The Labute approximate surface area is 171 Å². The van der Waals surface area contributed by atoms with Crippen molar-refractivity contribution in [1.82, 2.24) is 15.3 Å². The van der Waals surface area contributed by atoms with Gasteiger partial charge in [0.1, 0.15) is 17.3 Å². The molecular formula is C23H26N4O2. The van der Waals surface area contributed by atoms with E-state index in [1.165, 1.54) is 11.8 Å². The zero-order valence-electron chi connectivity index (χ0n) is 17.2. The lowest BCUT2D eigenvalue weighted by Crippen LogP contribution is -2.26. The molecule has 0 saturated carbocycles. The molecule has 3 aromatic rings. The van der Waals surface area contributed by atoms with Gasteiger partial charge in [0.05, 0.1) is 19.5 Å². The van der Waals surface area contributed by atoms with Crippen molar-refractivity contribution in [2.45, 2.75) is 27.2 Å². The summed E-state index contributed by atoms with van der Waals surface area (Å²) in [4.78, 5) is 20.9. The summed E-state index contributed by atoms with van der Waals surface area (Å²) in [5, 5.41) is 6.17. The molecule has 29 heavy (non-hydrogen) atoms. The fourth-order valence-electron chi connectivity index (χ4n) is 3.25. The third-order valence-electron chi connectivity index (χ3n) is 4.65. The lowest BCUT2D eigenvalue weighted by molar-refractivity contribution is 0.0949. The van der Waals surface area contributed by atoms with Gasteiger partial charge in [0, 0.05) is 12.2 Å². The van der Waals surface area contributed by atoms with E-state index in [4.69, 9.17) is 4.74 Å². The molecule has 3 rings (SSSR count). The topological polar surface area (TPSA) is 76.1 Å². The number of carbonyl (C=O) groups excluding carboxylic acids is 1. The molecule has 0 unspecified atom stereocenters. The molecule has 0 atom stereocenters. The molecule has 150 valence electrons. The number of aryl methyl sites for hydroxylation is 3. The smallest absolute Gasteiger partial charge is 0.271 e. The highest BCUT2D eigenvalue weighted by Crippen LogP contribution is 2.24. The minimum Gasteiger partial charge on any atom is -0.497 e. The first-order valence-corrected chi connectivity index (χ1v) is 9.54. The highest BCUT2D eigenvalue weighted by molar-refractivity contribution is 5.92. The van der Waals surface area contributed by atoms with Crippen LogP contribution in [0, 0.1) is 20.8 Å². The molecule has 0 bridgehead atoms. The predicted octanol–water partition coefficient (Wildman–Crippen LogP) is 4.13. The van der Waals surface area contributed by atoms with Gasteiger partial charge in [-0.15, -0.1) is 0 Å². The molecule has 1 aromatic heterocycles. The zero-order valence-corrected chi connectivity index (χ0v) is 17.2. The normalized spacial score (nSPS) is 10.5. The van der Waals surface area contributed by atoms with Gasteiger partial charge in [-0.25, -0.2) is 9.97 Å². The number of hydrogen-bond acceptors (Lipinski definition) is 5. The number of anilines is 2. The van der Waals surface area contributed by atoms with E-state index in [-0.39, 0.29) is 5.91 Å². The Kier molecular flexibility index (Phi) is 6.44. The van der Waals surface area contributed by atoms with Crippen LogP contribution in [-0.2, 0) is 6.42 Å². The molecule has 0 spiro atoms. The first-order chi connectivity index (χ1) is 14.0. The van der Waals surface area contributed by atoms with Gasteiger partial charge >= 0.3 is 0 Å². The lowest BCUT2D eigenvalue weighted by atomic mass is 10.1. The quantitative estimate of drug-likeness (QED) is 0.634. The second kappa shape index (κ2) is 9.19. The van der Waals surface area contributed by atoms with Gasteiger partial charge in [0.15, 0.2) is 0 Å². The van der Waals surface area contributed by atoms with Gasteiger partial charge in [0.2, 0.25) is 0 Å². The van der Waals surface area contributed by atoms with Gasteiger partial charge in [-0.3, -0.25) is 4.79 Å². The Morgan fingerprint density at radius 3 is 2.45 bits per heavy atom. The minimum atomic E-state index is -0.241. The highest BCUT2D eigenvalue weighted by atomic mass is 16.5. The minimum absolute atomic E-state index is 0.241. The third-order valence-corrected chi connectivity index (χ3v) is 4.65. The fraction of sp³-hybridized carbons (Fsp3) is 0.261. The van der Waals surface area contributed by atoms with E-state index < -0.39 is 0 Å². The van der Waals surface area contributed by atoms with Crippen molar-refractivity contribution in [1.29, 1.82) is 0 Å². The Balaban J connectivity index is 1.57. The Morgan fingerprint density at radius 1 is 1.03 bits per heavy atom. The molecule has 2 aromatic carbocycles. The Bertz CT molecular complexity index is 977. The fourth-order valence-corrected chi connectivity index (χ4v) is 3.25. The van der Waals surface area contributed by atoms with Crippen molar-refractivity contribution in [3.05, 3.63) is 76.7 Å². The number of nitrogens with zero attached hydrogens (tertiary/aromatic N) is 2. The number of methoxy groups -OCH3 is 1. The van der Waals surface area contributed by atoms with E-state index >= 15 is 0 Å². The molecule has 0 aliphatic heterocycles. The summed E-state index contributed by atoms with van der Waals surface area (Å²) >= 11 is 0. The number of nitrogens with one attached hydrogen (secondary N) is 2. The van der Waals surface area contributed by atoms with E-state index in [0.717, 1.165) is 28.1 Å². The van der Waals surface area contributed by atoms with Crippen LogP contribution >= 0.6 is 0 Å². The summed E-state index contributed by atoms with van der Waals surface area (Å²) in [6.45, 7) is 6.69. The van der Waals surface area contributed by atoms with Crippen molar-refractivity contribution in [2.24, 2.45) is 0 Å². The summed E-state index contributed by atoms with van der Waals surface area (Å²) < 4.78 is 5.21. The molecule has 2 N–H and O–H groups in total. The van der Waals surface area contributed by atoms with Gasteiger partial charge in [-0.1, -0.05) is 29.8 Å². The standard InChI is InChI=1S/C23H26N4O2/c1-15-10-16(2)22(17(3)11-15)27-21-14-25-20(13-26-21)23(28)24-9-8-18-6-5-7-19(12-18)29-4/h5-7,10-14H,8-9H2,1-4H3,(H,24,28)(H,26,27). The zero-order chi connectivity index (χ0) is 20.8. The van der Waals surface area contributed by atoms with Crippen LogP contribution < -0.4 is 15.4 Å². The number of hydrogen-bond donors (Lipinski definition) is 2. The maximum atomic E-state index is 12.3. The van der Waals surface area contributed by atoms with Gasteiger partial charge in [-0.05, 0) is 56.0 Å². The maximum absolute atomic E-state index is 12.3. The summed E-state index contributed by atoms with van der Waals surface area (Å²) in [6.07, 6.45) is 3.78. The Morgan fingerprint density at radius 2 is 1.79 bits per heavy atom. The SMILES string of the molecule is COc1cccc(CCNC(=O)c2cnc(Nc3c(C)cc(C)cc3C)cn2)c1. The van der Waals surface area contributed by atoms with E-state index in [9.17, 15) is 4.79 Å². The molecule has 0 radical (unpaired) electrons. The largest absolute Gasteiger partial charge is 0.497 e. The van der Waals surface area contributed by atoms with Crippen LogP contribution in [0.15, 0.2) is 48.8 Å². The monoisotopic (exact) mass is 390 g/mol. The summed E-state index contributed by atoms with van der Waals surface area (Å²) in [5.41, 5.74) is 5.91. The van der Waals surface area contributed by atoms with E-state index in [1.807, 2.05) is 24.3 Å². The number of rotatable bonds is 7. The Hall–Kier alpha value is -3.41.